The van der Waals surface area contributed by atoms with Crippen LogP contribution in [0.4, 0.5) is 0 Å². The lowest BCUT2D eigenvalue weighted by Gasteiger charge is -2.04. The molecule has 6 heteroatoms. The van der Waals surface area contributed by atoms with Gasteiger partial charge in [0.25, 0.3) is 5.89 Å². The lowest BCUT2D eigenvalue weighted by Crippen LogP contribution is -2.19. The van der Waals surface area contributed by atoms with Crippen molar-refractivity contribution in [1.82, 2.24) is 15.2 Å². The zero-order valence-electron chi connectivity index (χ0n) is 10.1. The van der Waals surface area contributed by atoms with Gasteiger partial charge in [-0.05, 0) is 40.9 Å². The molecule has 0 spiro atoms. The average Bonchev–Trinajstić information content (AvgIpc) is 2.84. The van der Waals surface area contributed by atoms with Gasteiger partial charge in [-0.15, -0.1) is 10.2 Å². The molecular formula is C12H15BrN4O. The van der Waals surface area contributed by atoms with Crippen LogP contribution in [0.1, 0.15) is 25.7 Å². The summed E-state index contributed by atoms with van der Waals surface area (Å²) in [6.07, 6.45) is 2.51. The van der Waals surface area contributed by atoms with Crippen molar-refractivity contribution < 1.29 is 4.42 Å². The summed E-state index contributed by atoms with van der Waals surface area (Å²) in [4.78, 5) is 4.26. The summed E-state index contributed by atoms with van der Waals surface area (Å²) in [5.74, 6) is 1.05. The van der Waals surface area contributed by atoms with Crippen LogP contribution < -0.4 is 5.73 Å². The molecule has 2 heterocycles. The Hall–Kier alpha value is -1.27. The number of aromatic nitrogens is 3. The van der Waals surface area contributed by atoms with Gasteiger partial charge in [0.1, 0.15) is 10.3 Å². The van der Waals surface area contributed by atoms with Crippen molar-refractivity contribution in [3.05, 3.63) is 28.7 Å². The van der Waals surface area contributed by atoms with Gasteiger partial charge >= 0.3 is 0 Å². The molecule has 0 saturated heterocycles. The summed E-state index contributed by atoms with van der Waals surface area (Å²) in [6, 6.07) is 5.74. The Labute approximate surface area is 114 Å². The number of halogens is 1. The fourth-order valence-electron chi connectivity index (χ4n) is 1.50. The summed E-state index contributed by atoms with van der Waals surface area (Å²) in [6.45, 7) is 2.06. The second-order valence-corrected chi connectivity index (χ2v) is 4.87. The van der Waals surface area contributed by atoms with Crippen LogP contribution in [0.15, 0.2) is 27.2 Å². The Morgan fingerprint density at radius 2 is 2.22 bits per heavy atom. The molecule has 5 nitrogen and oxygen atoms in total. The molecule has 2 aromatic heterocycles. The zero-order valence-corrected chi connectivity index (χ0v) is 11.7. The van der Waals surface area contributed by atoms with Crippen molar-refractivity contribution in [2.75, 3.05) is 0 Å². The quantitative estimate of drug-likeness (QED) is 0.859. The first-order valence-corrected chi connectivity index (χ1v) is 6.69. The highest BCUT2D eigenvalue weighted by molar-refractivity contribution is 9.10. The van der Waals surface area contributed by atoms with Crippen molar-refractivity contribution in [3.8, 4) is 11.6 Å². The molecule has 2 rings (SSSR count). The molecule has 0 amide bonds. The Balaban J connectivity index is 2.06. The van der Waals surface area contributed by atoms with Crippen molar-refractivity contribution >= 4 is 15.9 Å². The Bertz CT molecular complexity index is 514. The standard InChI is InChI=1S/C12H15BrN4O/c1-2-8(14)6-7-11-16-17-12(18-11)9-4-3-5-10(13)15-9/h3-5,8H,2,6-7,14H2,1H3. The normalized spacial score (nSPS) is 12.6. The van der Waals surface area contributed by atoms with Gasteiger partial charge in [-0.1, -0.05) is 13.0 Å². The van der Waals surface area contributed by atoms with Crippen LogP contribution in [0.3, 0.4) is 0 Å². The maximum Gasteiger partial charge on any atom is 0.266 e. The van der Waals surface area contributed by atoms with E-state index in [4.69, 9.17) is 10.2 Å². The molecule has 2 N–H and O–H groups in total. The molecule has 0 saturated carbocycles. The molecule has 0 aromatic carbocycles. The van der Waals surface area contributed by atoms with E-state index in [0.29, 0.717) is 23.9 Å². The summed E-state index contributed by atoms with van der Waals surface area (Å²) >= 11 is 3.31. The molecule has 0 aliphatic heterocycles. The predicted octanol–water partition coefficient (Wildman–Crippen LogP) is 2.56. The summed E-state index contributed by atoms with van der Waals surface area (Å²) in [5, 5.41) is 7.99. The molecule has 0 bridgehead atoms. The zero-order chi connectivity index (χ0) is 13.0. The van der Waals surface area contributed by atoms with Crippen LogP contribution in [0.25, 0.3) is 11.6 Å². The minimum Gasteiger partial charge on any atom is -0.419 e. The maximum absolute atomic E-state index is 5.85. The summed E-state index contributed by atoms with van der Waals surface area (Å²) in [5.41, 5.74) is 6.52. The van der Waals surface area contributed by atoms with Gasteiger partial charge in [-0.3, -0.25) is 0 Å². The average molecular weight is 311 g/mol. The van der Waals surface area contributed by atoms with E-state index in [-0.39, 0.29) is 6.04 Å². The number of nitrogens with two attached hydrogens (primary N) is 1. The van der Waals surface area contributed by atoms with Crippen molar-refractivity contribution in [1.29, 1.82) is 0 Å². The van der Waals surface area contributed by atoms with Crippen LogP contribution >= 0.6 is 15.9 Å². The van der Waals surface area contributed by atoms with E-state index in [1.54, 1.807) is 0 Å². The molecule has 1 unspecified atom stereocenters. The number of pyridine rings is 1. The molecule has 1 atom stereocenters. The van der Waals surface area contributed by atoms with E-state index in [1.807, 2.05) is 18.2 Å². The SMILES string of the molecule is CCC(N)CCc1nnc(-c2cccc(Br)n2)o1. The van der Waals surface area contributed by atoms with Crippen molar-refractivity contribution in [2.45, 2.75) is 32.2 Å². The third kappa shape index (κ3) is 3.36. The van der Waals surface area contributed by atoms with Gasteiger partial charge in [0.2, 0.25) is 5.89 Å². The summed E-state index contributed by atoms with van der Waals surface area (Å²) < 4.78 is 6.30. The maximum atomic E-state index is 5.85. The van der Waals surface area contributed by atoms with Crippen LogP contribution in [-0.2, 0) is 6.42 Å². The van der Waals surface area contributed by atoms with E-state index in [0.717, 1.165) is 17.4 Å². The van der Waals surface area contributed by atoms with E-state index in [2.05, 4.69) is 38.0 Å². The second kappa shape index (κ2) is 6.06. The topological polar surface area (TPSA) is 77.8 Å². The van der Waals surface area contributed by atoms with E-state index in [1.165, 1.54) is 0 Å². The van der Waals surface area contributed by atoms with Crippen molar-refractivity contribution in [3.63, 3.8) is 0 Å². The van der Waals surface area contributed by atoms with Crippen LogP contribution in [0.5, 0.6) is 0 Å². The number of aryl methyl sites for hydroxylation is 1. The number of hydrogen-bond donors (Lipinski definition) is 1. The Morgan fingerprint density at radius 1 is 1.39 bits per heavy atom. The monoisotopic (exact) mass is 310 g/mol. The second-order valence-electron chi connectivity index (χ2n) is 4.05. The first-order valence-electron chi connectivity index (χ1n) is 5.90. The number of nitrogens with zero attached hydrogens (tertiary/aromatic N) is 3. The fraction of sp³-hybridized carbons (Fsp3) is 0.417. The molecule has 2 aromatic rings. The molecule has 0 radical (unpaired) electrons. The third-order valence-electron chi connectivity index (χ3n) is 2.65. The van der Waals surface area contributed by atoms with Crippen LogP contribution in [0.2, 0.25) is 0 Å². The molecule has 96 valence electrons. The minimum absolute atomic E-state index is 0.185. The molecule has 18 heavy (non-hydrogen) atoms. The minimum atomic E-state index is 0.185. The molecule has 0 aliphatic carbocycles. The fourth-order valence-corrected chi connectivity index (χ4v) is 1.84. The summed E-state index contributed by atoms with van der Waals surface area (Å²) in [7, 11) is 0. The van der Waals surface area contributed by atoms with Gasteiger partial charge in [-0.2, -0.15) is 0 Å². The van der Waals surface area contributed by atoms with Crippen LogP contribution in [-0.4, -0.2) is 21.2 Å². The van der Waals surface area contributed by atoms with E-state index >= 15 is 0 Å². The lowest BCUT2D eigenvalue weighted by molar-refractivity contribution is 0.475. The van der Waals surface area contributed by atoms with Gasteiger partial charge in [0.15, 0.2) is 0 Å². The third-order valence-corrected chi connectivity index (χ3v) is 3.10. The van der Waals surface area contributed by atoms with E-state index in [9.17, 15) is 0 Å². The van der Waals surface area contributed by atoms with Gasteiger partial charge < -0.3 is 10.2 Å². The first-order chi connectivity index (χ1) is 8.69. The largest absolute Gasteiger partial charge is 0.419 e. The molecule has 0 aliphatic rings. The number of rotatable bonds is 5. The predicted molar refractivity (Wildman–Crippen MR) is 71.8 cm³/mol. The van der Waals surface area contributed by atoms with Gasteiger partial charge in [0, 0.05) is 12.5 Å². The smallest absolute Gasteiger partial charge is 0.266 e. The van der Waals surface area contributed by atoms with Crippen LogP contribution in [0, 0.1) is 0 Å². The Kier molecular flexibility index (Phi) is 4.43. The highest BCUT2D eigenvalue weighted by Gasteiger charge is 2.11. The van der Waals surface area contributed by atoms with Crippen molar-refractivity contribution in [2.24, 2.45) is 5.73 Å². The van der Waals surface area contributed by atoms with Gasteiger partial charge in [-0.25, -0.2) is 4.98 Å². The number of hydrogen-bond acceptors (Lipinski definition) is 5. The highest BCUT2D eigenvalue weighted by Crippen LogP contribution is 2.18. The highest BCUT2D eigenvalue weighted by atomic mass is 79.9. The first kappa shape index (κ1) is 13.2. The Morgan fingerprint density at radius 3 is 2.94 bits per heavy atom. The molecular weight excluding hydrogens is 296 g/mol. The van der Waals surface area contributed by atoms with Gasteiger partial charge in [0.05, 0.1) is 0 Å². The molecule has 0 fully saturated rings. The van der Waals surface area contributed by atoms with E-state index < -0.39 is 0 Å². The lowest BCUT2D eigenvalue weighted by atomic mass is 10.1.